The fourth-order valence-corrected chi connectivity index (χ4v) is 5.06. The van der Waals surface area contributed by atoms with Crippen molar-refractivity contribution >= 4 is 55.4 Å². The van der Waals surface area contributed by atoms with Crippen LogP contribution in [0.25, 0.3) is 27.9 Å². The van der Waals surface area contributed by atoms with E-state index in [1.807, 2.05) is 54.6 Å². The molecule has 0 fully saturated rings. The maximum absolute atomic E-state index is 13.0. The topological polar surface area (TPSA) is 39.1 Å². The van der Waals surface area contributed by atoms with Crippen LogP contribution in [0.5, 0.6) is 0 Å². The molecule has 3 aromatic carbocycles. The lowest BCUT2D eigenvalue weighted by molar-refractivity contribution is 0.101. The Morgan fingerprint density at radius 1 is 0.829 bits per heavy atom. The molecule has 4 aromatic rings. The van der Waals surface area contributed by atoms with Crippen LogP contribution in [0.15, 0.2) is 71.2 Å². The van der Waals surface area contributed by atoms with Gasteiger partial charge in [0.1, 0.15) is 0 Å². The van der Waals surface area contributed by atoms with Crippen LogP contribution in [-0.4, -0.2) is 16.1 Å². The van der Waals surface area contributed by atoms with Gasteiger partial charge < -0.3 is 4.57 Å². The molecule has 0 saturated carbocycles. The van der Waals surface area contributed by atoms with Gasteiger partial charge in [-0.2, -0.15) is 0 Å². The van der Waals surface area contributed by atoms with Crippen molar-refractivity contribution in [3.8, 4) is 0 Å². The van der Waals surface area contributed by atoms with Gasteiger partial charge in [0.15, 0.2) is 11.6 Å². The third kappa shape index (κ3) is 5.99. The SMILES string of the molecule is CCCCCCCCn1c2ccc(C(C)=O)cc2c2cc(C(=O)/C=C/c3cccc(Br)c3)ccc21. The zero-order chi connectivity index (χ0) is 24.8. The van der Waals surface area contributed by atoms with Crippen LogP contribution in [0, 0.1) is 0 Å². The van der Waals surface area contributed by atoms with Crippen molar-refractivity contribution < 1.29 is 9.59 Å². The number of unbranched alkanes of at least 4 members (excludes halogenated alkanes) is 5. The summed E-state index contributed by atoms with van der Waals surface area (Å²) in [7, 11) is 0. The van der Waals surface area contributed by atoms with Gasteiger partial charge in [-0.1, -0.05) is 73.2 Å². The highest BCUT2D eigenvalue weighted by molar-refractivity contribution is 9.10. The largest absolute Gasteiger partial charge is 0.340 e. The molecule has 0 aliphatic heterocycles. The number of carbonyl (C=O) groups excluding carboxylic acids is 2. The third-order valence-electron chi connectivity index (χ3n) is 6.57. The van der Waals surface area contributed by atoms with Crippen LogP contribution in [0.3, 0.4) is 0 Å². The van der Waals surface area contributed by atoms with E-state index < -0.39 is 0 Å². The van der Waals surface area contributed by atoms with E-state index in [-0.39, 0.29) is 11.6 Å². The van der Waals surface area contributed by atoms with Crippen molar-refractivity contribution in [2.75, 3.05) is 0 Å². The molecule has 1 aromatic heterocycles. The lowest BCUT2D eigenvalue weighted by atomic mass is 10.0. The van der Waals surface area contributed by atoms with Gasteiger partial charge in [-0.3, -0.25) is 9.59 Å². The Balaban J connectivity index is 1.67. The van der Waals surface area contributed by atoms with Gasteiger partial charge in [0.2, 0.25) is 0 Å². The number of ketones is 2. The molecule has 3 nitrogen and oxygen atoms in total. The Bertz CT molecular complexity index is 1400. The number of benzene rings is 3. The second-order valence-corrected chi connectivity index (χ2v) is 10.1. The molecule has 0 atom stereocenters. The first-order chi connectivity index (χ1) is 17.0. The van der Waals surface area contributed by atoms with Gasteiger partial charge in [-0.15, -0.1) is 0 Å². The Labute approximate surface area is 216 Å². The number of aromatic nitrogens is 1. The Kier molecular flexibility index (Phi) is 8.35. The lowest BCUT2D eigenvalue weighted by Gasteiger charge is -2.08. The molecule has 0 radical (unpaired) electrons. The number of hydrogen-bond donors (Lipinski definition) is 0. The molecular formula is C31H32BrNO2. The molecular weight excluding hydrogens is 498 g/mol. The Morgan fingerprint density at radius 2 is 1.49 bits per heavy atom. The van der Waals surface area contributed by atoms with E-state index in [1.165, 1.54) is 32.1 Å². The number of hydrogen-bond acceptors (Lipinski definition) is 2. The van der Waals surface area contributed by atoms with E-state index in [2.05, 4.69) is 39.6 Å². The highest BCUT2D eigenvalue weighted by Crippen LogP contribution is 2.32. The summed E-state index contributed by atoms with van der Waals surface area (Å²) in [5.41, 5.74) is 4.54. The summed E-state index contributed by atoms with van der Waals surface area (Å²) in [6.07, 6.45) is 10.9. The zero-order valence-electron chi connectivity index (χ0n) is 20.5. The first-order valence-corrected chi connectivity index (χ1v) is 13.3. The molecule has 4 heteroatoms. The number of allylic oxidation sites excluding steroid dienone is 1. The van der Waals surface area contributed by atoms with Crippen molar-refractivity contribution in [3.63, 3.8) is 0 Å². The smallest absolute Gasteiger partial charge is 0.185 e. The molecule has 1 heterocycles. The summed E-state index contributed by atoms with van der Waals surface area (Å²) in [6, 6.07) is 19.7. The van der Waals surface area contributed by atoms with Gasteiger partial charge >= 0.3 is 0 Å². The van der Waals surface area contributed by atoms with Crippen molar-refractivity contribution in [2.45, 2.75) is 58.9 Å². The van der Waals surface area contributed by atoms with Crippen LogP contribution >= 0.6 is 15.9 Å². The van der Waals surface area contributed by atoms with Gasteiger partial charge in [0.05, 0.1) is 0 Å². The predicted molar refractivity (Wildman–Crippen MR) is 150 cm³/mol. The first kappa shape index (κ1) is 25.1. The number of rotatable bonds is 11. The zero-order valence-corrected chi connectivity index (χ0v) is 22.1. The van der Waals surface area contributed by atoms with E-state index >= 15 is 0 Å². The van der Waals surface area contributed by atoms with E-state index in [1.54, 1.807) is 13.0 Å². The van der Waals surface area contributed by atoms with Crippen molar-refractivity contribution in [2.24, 2.45) is 0 Å². The summed E-state index contributed by atoms with van der Waals surface area (Å²) in [6.45, 7) is 4.77. The molecule has 0 bridgehead atoms. The fraction of sp³-hybridized carbons (Fsp3) is 0.290. The minimum Gasteiger partial charge on any atom is -0.340 e. The number of aryl methyl sites for hydroxylation is 1. The number of carbonyl (C=O) groups is 2. The predicted octanol–water partition coefficient (Wildman–Crippen LogP) is 9.02. The van der Waals surface area contributed by atoms with E-state index in [4.69, 9.17) is 0 Å². The summed E-state index contributed by atoms with van der Waals surface area (Å²) >= 11 is 3.47. The molecule has 35 heavy (non-hydrogen) atoms. The van der Waals surface area contributed by atoms with Crippen LogP contribution in [0.2, 0.25) is 0 Å². The number of Topliss-reactive ketones (excluding diaryl/α,β-unsaturated/α-hetero) is 1. The number of nitrogens with zero attached hydrogens (tertiary/aromatic N) is 1. The molecule has 0 unspecified atom stereocenters. The summed E-state index contributed by atoms with van der Waals surface area (Å²) in [4.78, 5) is 25.1. The van der Waals surface area contributed by atoms with Gasteiger partial charge in [-0.05, 0) is 73.5 Å². The third-order valence-corrected chi connectivity index (χ3v) is 7.06. The number of halogens is 1. The molecule has 0 saturated heterocycles. The monoisotopic (exact) mass is 529 g/mol. The van der Waals surface area contributed by atoms with E-state index in [9.17, 15) is 9.59 Å². The normalized spacial score (nSPS) is 11.6. The standard InChI is InChI=1S/C31H32BrNO2/c1-3-4-5-6-7-8-18-33-29-15-13-24(22(2)34)20-27(29)28-21-25(14-16-30(28)33)31(35)17-12-23-10-9-11-26(32)19-23/h9-17,19-21H,3-8,18H2,1-2H3/b17-12+. The summed E-state index contributed by atoms with van der Waals surface area (Å²) in [5.74, 6) is 0.0133. The summed E-state index contributed by atoms with van der Waals surface area (Å²) < 4.78 is 3.33. The van der Waals surface area contributed by atoms with E-state index in [0.717, 1.165) is 44.8 Å². The second kappa shape index (κ2) is 11.6. The Morgan fingerprint density at radius 3 is 2.17 bits per heavy atom. The van der Waals surface area contributed by atoms with Gasteiger partial charge in [0, 0.05) is 44.0 Å². The second-order valence-electron chi connectivity index (χ2n) is 9.19. The van der Waals surface area contributed by atoms with Gasteiger partial charge in [-0.25, -0.2) is 0 Å². The molecule has 180 valence electrons. The van der Waals surface area contributed by atoms with Crippen LogP contribution in [0.1, 0.15) is 78.7 Å². The van der Waals surface area contributed by atoms with Crippen molar-refractivity contribution in [1.29, 1.82) is 0 Å². The maximum atomic E-state index is 13.0. The highest BCUT2D eigenvalue weighted by atomic mass is 79.9. The minimum atomic E-state index is -0.0357. The molecule has 0 aliphatic carbocycles. The van der Waals surface area contributed by atoms with Crippen LogP contribution < -0.4 is 0 Å². The average molecular weight is 531 g/mol. The van der Waals surface area contributed by atoms with Gasteiger partial charge in [0.25, 0.3) is 0 Å². The fourth-order valence-electron chi connectivity index (χ4n) is 4.65. The van der Waals surface area contributed by atoms with Crippen LogP contribution in [0.4, 0.5) is 0 Å². The summed E-state index contributed by atoms with van der Waals surface area (Å²) in [5, 5.41) is 2.06. The first-order valence-electron chi connectivity index (χ1n) is 12.5. The minimum absolute atomic E-state index is 0.0357. The number of fused-ring (bicyclic) bond motifs is 3. The molecule has 0 N–H and O–H groups in total. The lowest BCUT2D eigenvalue weighted by Crippen LogP contribution is -1.99. The maximum Gasteiger partial charge on any atom is 0.185 e. The molecule has 0 amide bonds. The average Bonchev–Trinajstić information content (AvgIpc) is 3.17. The van der Waals surface area contributed by atoms with E-state index in [0.29, 0.717) is 11.1 Å². The van der Waals surface area contributed by atoms with Crippen LogP contribution in [-0.2, 0) is 6.54 Å². The molecule has 0 spiro atoms. The highest BCUT2D eigenvalue weighted by Gasteiger charge is 2.14. The quantitative estimate of drug-likeness (QED) is 0.110. The van der Waals surface area contributed by atoms with Crippen molar-refractivity contribution in [3.05, 3.63) is 87.9 Å². The van der Waals surface area contributed by atoms with Crippen molar-refractivity contribution in [1.82, 2.24) is 4.57 Å². The molecule has 0 aliphatic rings. The Hall–Kier alpha value is -2.98. The molecule has 4 rings (SSSR count).